The normalized spacial score (nSPS) is 20.0. The maximum atomic E-state index is 12.4. The molecular formula is C10H11FN2O4S. The summed E-state index contributed by atoms with van der Waals surface area (Å²) in [6.45, 7) is -0.651. The summed E-state index contributed by atoms with van der Waals surface area (Å²) in [5, 5.41) is 4.95. The summed E-state index contributed by atoms with van der Waals surface area (Å²) in [6, 6.07) is 5.39. The highest BCUT2D eigenvalue weighted by Gasteiger charge is 2.32. The number of rotatable bonds is 3. The van der Waals surface area contributed by atoms with Crippen LogP contribution in [0.4, 0.5) is 14.9 Å². The van der Waals surface area contributed by atoms with Gasteiger partial charge in [0.1, 0.15) is 12.8 Å². The van der Waals surface area contributed by atoms with E-state index in [4.69, 9.17) is 9.88 Å². The SMILES string of the molecule is NS(=O)(=O)c1ccc(N2CC(CF)OC2=O)cc1. The number of ether oxygens (including phenoxy) is 1. The van der Waals surface area contributed by atoms with Gasteiger partial charge in [0.05, 0.1) is 11.4 Å². The highest BCUT2D eigenvalue weighted by molar-refractivity contribution is 7.89. The van der Waals surface area contributed by atoms with Gasteiger partial charge < -0.3 is 4.74 Å². The second-order valence-corrected chi connectivity index (χ2v) is 5.37. The molecule has 1 aliphatic heterocycles. The zero-order chi connectivity index (χ0) is 13.3. The van der Waals surface area contributed by atoms with Crippen molar-refractivity contribution in [2.75, 3.05) is 18.1 Å². The molecule has 1 saturated heterocycles. The summed E-state index contributed by atoms with van der Waals surface area (Å²) in [7, 11) is -3.77. The van der Waals surface area contributed by atoms with Crippen molar-refractivity contribution in [3.8, 4) is 0 Å². The van der Waals surface area contributed by atoms with Gasteiger partial charge in [-0.05, 0) is 24.3 Å². The number of primary sulfonamides is 1. The minimum Gasteiger partial charge on any atom is -0.441 e. The van der Waals surface area contributed by atoms with Gasteiger partial charge in [-0.3, -0.25) is 4.90 Å². The number of halogens is 1. The molecule has 1 heterocycles. The Balaban J connectivity index is 2.23. The van der Waals surface area contributed by atoms with Crippen molar-refractivity contribution in [1.82, 2.24) is 0 Å². The van der Waals surface area contributed by atoms with Crippen LogP contribution >= 0.6 is 0 Å². The van der Waals surface area contributed by atoms with Gasteiger partial charge in [0.2, 0.25) is 10.0 Å². The molecule has 0 aromatic heterocycles. The molecule has 98 valence electrons. The first kappa shape index (κ1) is 12.8. The molecule has 1 unspecified atom stereocenters. The van der Waals surface area contributed by atoms with Crippen LogP contribution in [0, 0.1) is 0 Å². The lowest BCUT2D eigenvalue weighted by Gasteiger charge is -2.12. The van der Waals surface area contributed by atoms with Crippen molar-refractivity contribution in [2.45, 2.75) is 11.0 Å². The summed E-state index contributed by atoms with van der Waals surface area (Å²) in [4.78, 5) is 12.6. The van der Waals surface area contributed by atoms with Crippen molar-refractivity contribution in [2.24, 2.45) is 5.14 Å². The van der Waals surface area contributed by atoms with Gasteiger partial charge in [0.25, 0.3) is 0 Å². The van der Waals surface area contributed by atoms with Crippen LogP contribution in [0.15, 0.2) is 29.2 Å². The lowest BCUT2D eigenvalue weighted by molar-refractivity contribution is 0.124. The Hall–Kier alpha value is -1.67. The largest absolute Gasteiger partial charge is 0.441 e. The van der Waals surface area contributed by atoms with Gasteiger partial charge in [-0.15, -0.1) is 0 Å². The fourth-order valence-corrected chi connectivity index (χ4v) is 2.14. The third-order valence-electron chi connectivity index (χ3n) is 2.52. The highest BCUT2D eigenvalue weighted by Crippen LogP contribution is 2.23. The van der Waals surface area contributed by atoms with Gasteiger partial charge in [-0.25, -0.2) is 22.7 Å². The van der Waals surface area contributed by atoms with Gasteiger partial charge in [-0.1, -0.05) is 0 Å². The van der Waals surface area contributed by atoms with Crippen LogP contribution in [0.1, 0.15) is 0 Å². The average molecular weight is 274 g/mol. The zero-order valence-electron chi connectivity index (χ0n) is 9.24. The van der Waals surface area contributed by atoms with E-state index in [2.05, 4.69) is 0 Å². The summed E-state index contributed by atoms with van der Waals surface area (Å²) < 4.78 is 39.2. The Morgan fingerprint density at radius 2 is 2.00 bits per heavy atom. The van der Waals surface area contributed by atoms with E-state index in [1.807, 2.05) is 0 Å². The maximum Gasteiger partial charge on any atom is 0.414 e. The molecule has 1 atom stereocenters. The predicted molar refractivity (Wildman–Crippen MR) is 61.4 cm³/mol. The van der Waals surface area contributed by atoms with Gasteiger partial charge in [-0.2, -0.15) is 0 Å². The summed E-state index contributed by atoms with van der Waals surface area (Å²) >= 11 is 0. The summed E-state index contributed by atoms with van der Waals surface area (Å²) in [6.07, 6.45) is -1.43. The van der Waals surface area contributed by atoms with E-state index in [9.17, 15) is 17.6 Å². The second kappa shape index (κ2) is 4.54. The molecule has 1 fully saturated rings. The number of amides is 1. The number of hydrogen-bond donors (Lipinski definition) is 1. The number of anilines is 1. The third-order valence-corrected chi connectivity index (χ3v) is 3.45. The van der Waals surface area contributed by atoms with Crippen LogP contribution in [0.2, 0.25) is 0 Å². The highest BCUT2D eigenvalue weighted by atomic mass is 32.2. The zero-order valence-corrected chi connectivity index (χ0v) is 10.1. The molecule has 0 aliphatic carbocycles. The maximum absolute atomic E-state index is 12.4. The van der Waals surface area contributed by atoms with Crippen molar-refractivity contribution in [3.63, 3.8) is 0 Å². The molecule has 1 aromatic carbocycles. The fourth-order valence-electron chi connectivity index (χ4n) is 1.63. The van der Waals surface area contributed by atoms with Gasteiger partial charge in [0, 0.05) is 5.69 Å². The Morgan fingerprint density at radius 3 is 2.44 bits per heavy atom. The molecule has 0 bridgehead atoms. The van der Waals surface area contributed by atoms with Crippen molar-refractivity contribution in [3.05, 3.63) is 24.3 Å². The number of alkyl halides is 1. The minimum atomic E-state index is -3.77. The molecule has 1 aromatic rings. The third kappa shape index (κ3) is 2.44. The smallest absolute Gasteiger partial charge is 0.414 e. The van der Waals surface area contributed by atoms with Crippen molar-refractivity contribution >= 4 is 21.8 Å². The number of carbonyl (C=O) groups excluding carboxylic acids is 1. The molecule has 2 rings (SSSR count). The Kier molecular flexibility index (Phi) is 3.22. The molecule has 8 heteroatoms. The van der Waals surface area contributed by atoms with Crippen LogP contribution < -0.4 is 10.0 Å². The molecule has 6 nitrogen and oxygen atoms in total. The van der Waals surface area contributed by atoms with E-state index in [0.29, 0.717) is 5.69 Å². The van der Waals surface area contributed by atoms with Crippen molar-refractivity contribution < 1.29 is 22.3 Å². The first-order valence-electron chi connectivity index (χ1n) is 5.09. The quantitative estimate of drug-likeness (QED) is 0.875. The molecule has 1 amide bonds. The molecule has 0 spiro atoms. The first-order valence-corrected chi connectivity index (χ1v) is 6.63. The van der Waals surface area contributed by atoms with E-state index >= 15 is 0 Å². The molecule has 1 aliphatic rings. The molecular weight excluding hydrogens is 263 g/mol. The topological polar surface area (TPSA) is 89.7 Å². The monoisotopic (exact) mass is 274 g/mol. The number of benzene rings is 1. The summed E-state index contributed by atoms with van der Waals surface area (Å²) in [5.74, 6) is 0. The van der Waals surface area contributed by atoms with Crippen LogP contribution in [-0.2, 0) is 14.8 Å². The van der Waals surface area contributed by atoms with Gasteiger partial charge in [0.15, 0.2) is 0 Å². The fraction of sp³-hybridized carbons (Fsp3) is 0.300. The average Bonchev–Trinajstić information content (AvgIpc) is 2.70. The van der Waals surface area contributed by atoms with E-state index < -0.39 is 28.9 Å². The molecule has 18 heavy (non-hydrogen) atoms. The van der Waals surface area contributed by atoms with Crippen LogP contribution in [0.3, 0.4) is 0 Å². The summed E-state index contributed by atoms with van der Waals surface area (Å²) in [5.41, 5.74) is 0.434. The minimum absolute atomic E-state index is 0.0548. The Bertz CT molecular complexity index is 558. The Morgan fingerprint density at radius 1 is 1.39 bits per heavy atom. The number of nitrogens with zero attached hydrogens (tertiary/aromatic N) is 1. The van der Waals surface area contributed by atoms with Crippen molar-refractivity contribution in [1.29, 1.82) is 0 Å². The van der Waals surface area contributed by atoms with Crippen LogP contribution in [0.5, 0.6) is 0 Å². The standard InChI is InChI=1S/C10H11FN2O4S/c11-5-8-6-13(10(14)17-8)7-1-3-9(4-2-7)18(12,15)16/h1-4,8H,5-6H2,(H2,12,15,16). The van der Waals surface area contributed by atoms with E-state index in [-0.39, 0.29) is 11.4 Å². The molecule has 0 saturated carbocycles. The molecule has 0 radical (unpaired) electrons. The first-order chi connectivity index (χ1) is 8.41. The number of sulfonamides is 1. The molecule has 2 N–H and O–H groups in total. The van der Waals surface area contributed by atoms with Crippen LogP contribution in [0.25, 0.3) is 0 Å². The lowest BCUT2D eigenvalue weighted by atomic mass is 10.3. The van der Waals surface area contributed by atoms with Gasteiger partial charge >= 0.3 is 6.09 Å². The van der Waals surface area contributed by atoms with E-state index in [1.165, 1.54) is 29.2 Å². The lowest BCUT2D eigenvalue weighted by Crippen LogP contribution is -2.25. The van der Waals surface area contributed by atoms with Crippen LogP contribution in [-0.4, -0.2) is 33.8 Å². The Labute approximate surface area is 103 Å². The van der Waals surface area contributed by atoms with E-state index in [1.54, 1.807) is 0 Å². The second-order valence-electron chi connectivity index (χ2n) is 3.81. The predicted octanol–water partition coefficient (Wildman–Crippen LogP) is 0.629. The number of carbonyl (C=O) groups is 1. The number of cyclic esters (lactones) is 1. The van der Waals surface area contributed by atoms with E-state index in [0.717, 1.165) is 0 Å². The number of nitrogens with two attached hydrogens (primary N) is 1. The number of hydrogen-bond acceptors (Lipinski definition) is 4.